The second kappa shape index (κ2) is 4.10. The van der Waals surface area contributed by atoms with Gasteiger partial charge < -0.3 is 0 Å². The molecule has 3 aromatic rings. The fourth-order valence-electron chi connectivity index (χ4n) is 1.79. The Balaban J connectivity index is 2.21. The summed E-state index contributed by atoms with van der Waals surface area (Å²) in [5.74, 6) is 0. The van der Waals surface area contributed by atoms with E-state index >= 15 is 0 Å². The molecule has 3 rings (SSSR count). The maximum atomic E-state index is 6.80. The summed E-state index contributed by atoms with van der Waals surface area (Å²) < 4.78 is 16.4. The van der Waals surface area contributed by atoms with Gasteiger partial charge in [-0.05, 0) is 0 Å². The Hall–Kier alpha value is -1.44. The molecule has 3 aromatic heterocycles. The van der Waals surface area contributed by atoms with Crippen LogP contribution in [0.15, 0.2) is 68.4 Å². The van der Waals surface area contributed by atoms with Gasteiger partial charge in [0.15, 0.2) is 0 Å². The van der Waals surface area contributed by atoms with E-state index in [0.29, 0.717) is 16.5 Å². The molecule has 3 heterocycles. The van der Waals surface area contributed by atoms with Crippen molar-refractivity contribution in [1.82, 2.24) is 0 Å². The molecule has 0 amide bonds. The van der Waals surface area contributed by atoms with Crippen LogP contribution in [0.2, 0.25) is 0 Å². The van der Waals surface area contributed by atoms with Crippen molar-refractivity contribution in [3.8, 4) is 0 Å². The van der Waals surface area contributed by atoms with Crippen molar-refractivity contribution in [2.45, 2.75) is 0 Å². The summed E-state index contributed by atoms with van der Waals surface area (Å²) in [6.45, 7) is -2.75. The minimum atomic E-state index is -2.75. The van der Waals surface area contributed by atoms with Crippen LogP contribution in [0.1, 0.15) is 0 Å². The predicted molar refractivity (Wildman–Crippen MR) is 69.2 cm³/mol. The zero-order valence-electron chi connectivity index (χ0n) is 8.80. The summed E-state index contributed by atoms with van der Waals surface area (Å²) in [6.07, 6.45) is 4.81. The Bertz CT molecular complexity index is 485. The van der Waals surface area contributed by atoms with Gasteiger partial charge in [0.2, 0.25) is 0 Å². The number of hydrogen-bond acceptors (Lipinski definition) is 3. The van der Waals surface area contributed by atoms with Crippen LogP contribution in [0.25, 0.3) is 0 Å². The normalized spacial score (nSPS) is 12.8. The number of hydrogen-bond donors (Lipinski definition) is 0. The molecule has 0 fully saturated rings. The zero-order valence-corrected chi connectivity index (χ0v) is 10.6. The third kappa shape index (κ3) is 1.63. The van der Waals surface area contributed by atoms with E-state index in [-0.39, 0.29) is 0 Å². The minimum absolute atomic E-state index is 0.698. The topological polar surface area (TPSA) is 39.4 Å². The van der Waals surface area contributed by atoms with Gasteiger partial charge in [-0.3, -0.25) is 0 Å². The molecule has 0 saturated heterocycles. The summed E-state index contributed by atoms with van der Waals surface area (Å²) in [5, 5.41) is 0. The van der Waals surface area contributed by atoms with Gasteiger partial charge in [-0.2, -0.15) is 0 Å². The Labute approximate surface area is 103 Å². The summed E-state index contributed by atoms with van der Waals surface area (Å²) in [5.41, 5.74) is 2.09. The molecule has 88 valence electrons. The summed E-state index contributed by atoms with van der Waals surface area (Å²) in [4.78, 5) is 0. The first-order valence-corrected chi connectivity index (χ1v) is 8.14. The van der Waals surface area contributed by atoms with Crippen molar-refractivity contribution in [1.29, 1.82) is 0 Å². The van der Waals surface area contributed by atoms with Gasteiger partial charge in [0.05, 0.1) is 0 Å². The summed E-state index contributed by atoms with van der Waals surface area (Å²) >= 11 is 6.80. The van der Waals surface area contributed by atoms with E-state index in [4.69, 9.17) is 24.5 Å². The van der Waals surface area contributed by atoms with Gasteiger partial charge in [-0.1, -0.05) is 0 Å². The Morgan fingerprint density at radius 3 is 1.29 bits per heavy atom. The van der Waals surface area contributed by atoms with Gasteiger partial charge in [0, 0.05) is 0 Å². The summed E-state index contributed by atoms with van der Waals surface area (Å²) in [6, 6.07) is 11.0. The van der Waals surface area contributed by atoms with Crippen molar-refractivity contribution < 1.29 is 13.3 Å². The van der Waals surface area contributed by atoms with E-state index in [0.717, 1.165) is 0 Å². The molecule has 0 spiro atoms. The quantitative estimate of drug-likeness (QED) is 0.686. The third-order valence-corrected chi connectivity index (χ3v) is 7.15. The van der Waals surface area contributed by atoms with Crippen LogP contribution in [-0.2, 0) is 0 Å². The molecule has 0 aromatic carbocycles. The van der Waals surface area contributed by atoms with Crippen molar-refractivity contribution in [2.24, 2.45) is 0 Å². The van der Waals surface area contributed by atoms with Crippen LogP contribution >= 0.6 is 17.9 Å². The Kier molecular flexibility index (Phi) is 2.58. The number of furan rings is 3. The first kappa shape index (κ1) is 10.7. The van der Waals surface area contributed by atoms with Gasteiger partial charge in [-0.15, -0.1) is 0 Å². The number of rotatable bonds is 3. The first-order chi connectivity index (χ1) is 8.32. The second-order valence-electron chi connectivity index (χ2n) is 3.59. The predicted octanol–water partition coefficient (Wildman–Crippen LogP) is 2.65. The van der Waals surface area contributed by atoms with Crippen LogP contribution in [0.3, 0.4) is 0 Å². The molecule has 17 heavy (non-hydrogen) atoms. The van der Waals surface area contributed by atoms with Crippen LogP contribution in [0.5, 0.6) is 0 Å². The van der Waals surface area contributed by atoms with E-state index in [1.165, 1.54) is 0 Å². The molecule has 0 atom stereocenters. The molecule has 5 heteroatoms. The van der Waals surface area contributed by atoms with Crippen molar-refractivity contribution in [3.05, 3.63) is 55.2 Å². The van der Waals surface area contributed by atoms with Crippen molar-refractivity contribution in [3.63, 3.8) is 0 Å². The van der Waals surface area contributed by atoms with E-state index in [1.807, 2.05) is 36.4 Å². The SMILES string of the molecule is Cl[PH](c1ccco1)(c1ccco1)c1ccco1. The first-order valence-electron chi connectivity index (χ1n) is 5.12. The van der Waals surface area contributed by atoms with Gasteiger partial charge in [0.25, 0.3) is 0 Å². The van der Waals surface area contributed by atoms with E-state index < -0.39 is 6.62 Å². The zero-order chi connectivity index (χ0) is 11.7. The second-order valence-corrected chi connectivity index (χ2v) is 8.09. The molecular formula is C12H10ClO3P. The van der Waals surface area contributed by atoms with Crippen LogP contribution in [0, 0.1) is 0 Å². The van der Waals surface area contributed by atoms with Gasteiger partial charge in [0.1, 0.15) is 0 Å². The van der Waals surface area contributed by atoms with Crippen molar-refractivity contribution >= 4 is 34.4 Å². The Morgan fingerprint density at radius 1 is 0.706 bits per heavy atom. The average molecular weight is 269 g/mol. The van der Waals surface area contributed by atoms with Crippen LogP contribution in [0.4, 0.5) is 0 Å². The molecule has 0 aliphatic heterocycles. The van der Waals surface area contributed by atoms with Gasteiger partial charge in [-0.25, -0.2) is 0 Å². The number of halogens is 1. The van der Waals surface area contributed by atoms with Crippen molar-refractivity contribution in [2.75, 3.05) is 0 Å². The Morgan fingerprint density at radius 2 is 1.06 bits per heavy atom. The molecule has 0 saturated carbocycles. The molecule has 3 nitrogen and oxygen atoms in total. The standard InChI is InChI=1S/C12H10ClO3P/c13-17(10-4-1-7-14-10,11-5-2-8-15-11)12-6-3-9-16-12/h1-9,17H. The van der Waals surface area contributed by atoms with Crippen LogP contribution in [-0.4, -0.2) is 0 Å². The molecule has 0 unspecified atom stereocenters. The fourth-order valence-corrected chi connectivity index (χ4v) is 5.15. The molecular weight excluding hydrogens is 259 g/mol. The van der Waals surface area contributed by atoms with Gasteiger partial charge >= 0.3 is 103 Å². The molecule has 0 N–H and O–H groups in total. The van der Waals surface area contributed by atoms with Crippen LogP contribution < -0.4 is 16.5 Å². The fraction of sp³-hybridized carbons (Fsp3) is 0. The van der Waals surface area contributed by atoms with E-state index in [9.17, 15) is 0 Å². The molecule has 0 bridgehead atoms. The van der Waals surface area contributed by atoms with E-state index in [1.54, 1.807) is 18.8 Å². The third-order valence-electron chi connectivity index (χ3n) is 2.58. The molecule has 0 aliphatic rings. The molecule has 0 aliphatic carbocycles. The van der Waals surface area contributed by atoms with E-state index in [2.05, 4.69) is 0 Å². The maximum absolute atomic E-state index is 6.80. The monoisotopic (exact) mass is 268 g/mol. The average Bonchev–Trinajstić information content (AvgIpc) is 3.10. The summed E-state index contributed by atoms with van der Waals surface area (Å²) in [7, 11) is 0. The molecule has 0 radical (unpaired) electrons.